The normalized spacial score (nSPS) is 14.0. The number of amides is 1. The van der Waals surface area contributed by atoms with Gasteiger partial charge >= 0.3 is 0 Å². The number of thiophene rings is 1. The van der Waals surface area contributed by atoms with Gasteiger partial charge < -0.3 is 10.2 Å². The molecule has 0 radical (unpaired) electrons. The van der Waals surface area contributed by atoms with Crippen molar-refractivity contribution in [3.63, 3.8) is 0 Å². The number of benzene rings is 2. The van der Waals surface area contributed by atoms with E-state index in [1.807, 2.05) is 70.9 Å². The molecule has 0 atom stereocenters. The smallest absolute Gasteiger partial charge is 0.253 e. The third-order valence-electron chi connectivity index (χ3n) is 5.65. The molecule has 0 unspecified atom stereocenters. The van der Waals surface area contributed by atoms with Crippen LogP contribution in [0.2, 0.25) is 0 Å². The zero-order valence-corrected chi connectivity index (χ0v) is 18.1. The predicted octanol–water partition coefficient (Wildman–Crippen LogP) is 5.60. The summed E-state index contributed by atoms with van der Waals surface area (Å²) in [4.78, 5) is 25.2. The van der Waals surface area contributed by atoms with Gasteiger partial charge in [-0.05, 0) is 60.5 Å². The predicted molar refractivity (Wildman–Crippen MR) is 126 cm³/mol. The standard InChI is InChI=1S/C25H24N4OS/c30-25(29-14-4-1-5-15-29)19-12-10-18(11-13-19)17-26-23-20-7-2-3-8-21(20)27-24(28-23)22-9-6-16-31-22/h2-3,6-13,16H,1,4-5,14-15,17H2,(H,26,27,28). The van der Waals surface area contributed by atoms with Gasteiger partial charge in [-0.15, -0.1) is 11.3 Å². The number of rotatable bonds is 5. The molecule has 2 aromatic heterocycles. The van der Waals surface area contributed by atoms with Crippen LogP contribution in [-0.4, -0.2) is 33.9 Å². The number of para-hydroxylation sites is 1. The van der Waals surface area contributed by atoms with Crippen molar-refractivity contribution in [3.05, 3.63) is 77.2 Å². The third-order valence-corrected chi connectivity index (χ3v) is 6.51. The summed E-state index contributed by atoms with van der Waals surface area (Å²) in [6, 6.07) is 20.0. The molecule has 0 spiro atoms. The number of aromatic nitrogens is 2. The van der Waals surface area contributed by atoms with Crippen molar-refractivity contribution >= 4 is 34.0 Å². The molecule has 1 aliphatic rings. The Morgan fingerprint density at radius 1 is 0.935 bits per heavy atom. The van der Waals surface area contributed by atoms with Crippen LogP contribution in [0.1, 0.15) is 35.2 Å². The second-order valence-corrected chi connectivity index (χ2v) is 8.74. The van der Waals surface area contributed by atoms with E-state index >= 15 is 0 Å². The first-order valence-corrected chi connectivity index (χ1v) is 11.6. The van der Waals surface area contributed by atoms with Crippen molar-refractivity contribution in [2.75, 3.05) is 18.4 Å². The highest BCUT2D eigenvalue weighted by Crippen LogP contribution is 2.27. The molecule has 5 nitrogen and oxygen atoms in total. The van der Waals surface area contributed by atoms with E-state index < -0.39 is 0 Å². The van der Waals surface area contributed by atoms with Crippen molar-refractivity contribution in [2.24, 2.45) is 0 Å². The van der Waals surface area contributed by atoms with E-state index in [1.54, 1.807) is 11.3 Å². The second kappa shape index (κ2) is 8.86. The molecular formula is C25H24N4OS. The topological polar surface area (TPSA) is 58.1 Å². The number of nitrogens with zero attached hydrogens (tertiary/aromatic N) is 3. The molecule has 0 bridgehead atoms. The number of carbonyl (C=O) groups excluding carboxylic acids is 1. The van der Waals surface area contributed by atoms with E-state index in [0.717, 1.165) is 64.5 Å². The molecular weight excluding hydrogens is 404 g/mol. The van der Waals surface area contributed by atoms with Gasteiger partial charge in [0.15, 0.2) is 5.82 Å². The van der Waals surface area contributed by atoms with Crippen molar-refractivity contribution in [1.29, 1.82) is 0 Å². The average Bonchev–Trinajstić information content (AvgIpc) is 3.38. The lowest BCUT2D eigenvalue weighted by atomic mass is 10.1. The third kappa shape index (κ3) is 4.30. The van der Waals surface area contributed by atoms with Gasteiger partial charge in [0, 0.05) is 30.6 Å². The summed E-state index contributed by atoms with van der Waals surface area (Å²) in [6.07, 6.45) is 3.43. The fourth-order valence-corrected chi connectivity index (χ4v) is 4.62. The Hall–Kier alpha value is -3.25. The molecule has 1 N–H and O–H groups in total. The maximum atomic E-state index is 12.7. The number of piperidine rings is 1. The Bertz CT molecular complexity index is 1180. The number of nitrogens with one attached hydrogen (secondary N) is 1. The maximum absolute atomic E-state index is 12.7. The van der Waals surface area contributed by atoms with Gasteiger partial charge in [-0.1, -0.05) is 30.3 Å². The SMILES string of the molecule is O=C(c1ccc(CNc2nc(-c3cccs3)nc3ccccc23)cc1)N1CCCCC1. The first kappa shape index (κ1) is 19.7. The molecule has 0 aliphatic carbocycles. The van der Waals surface area contributed by atoms with Gasteiger partial charge in [0.1, 0.15) is 5.82 Å². The van der Waals surface area contributed by atoms with E-state index in [-0.39, 0.29) is 5.91 Å². The molecule has 31 heavy (non-hydrogen) atoms. The van der Waals surface area contributed by atoms with Crippen LogP contribution in [0, 0.1) is 0 Å². The summed E-state index contributed by atoms with van der Waals surface area (Å²) in [5, 5.41) is 6.51. The summed E-state index contributed by atoms with van der Waals surface area (Å²) >= 11 is 1.63. The number of carbonyl (C=O) groups is 1. The Morgan fingerprint density at radius 3 is 2.52 bits per heavy atom. The van der Waals surface area contributed by atoms with Crippen LogP contribution in [0.3, 0.4) is 0 Å². The lowest BCUT2D eigenvalue weighted by Gasteiger charge is -2.26. The molecule has 1 aliphatic heterocycles. The summed E-state index contributed by atoms with van der Waals surface area (Å²) in [6.45, 7) is 2.37. The van der Waals surface area contributed by atoms with Gasteiger partial charge in [0.05, 0.1) is 10.4 Å². The van der Waals surface area contributed by atoms with Crippen molar-refractivity contribution < 1.29 is 4.79 Å². The van der Waals surface area contributed by atoms with E-state index in [2.05, 4.69) is 5.32 Å². The fraction of sp³-hybridized carbons (Fsp3) is 0.240. The minimum absolute atomic E-state index is 0.140. The quantitative estimate of drug-likeness (QED) is 0.450. The van der Waals surface area contributed by atoms with Crippen LogP contribution in [0.4, 0.5) is 5.82 Å². The van der Waals surface area contributed by atoms with Crippen LogP contribution >= 0.6 is 11.3 Å². The van der Waals surface area contributed by atoms with Crippen LogP contribution in [0.15, 0.2) is 66.0 Å². The lowest BCUT2D eigenvalue weighted by Crippen LogP contribution is -2.35. The monoisotopic (exact) mass is 428 g/mol. The molecule has 4 aromatic rings. The van der Waals surface area contributed by atoms with Crippen LogP contribution in [-0.2, 0) is 6.54 Å². The average molecular weight is 429 g/mol. The molecule has 5 rings (SSSR count). The highest BCUT2D eigenvalue weighted by molar-refractivity contribution is 7.13. The van der Waals surface area contributed by atoms with E-state index in [9.17, 15) is 4.79 Å². The molecule has 156 valence electrons. The van der Waals surface area contributed by atoms with Crippen molar-refractivity contribution in [1.82, 2.24) is 14.9 Å². The van der Waals surface area contributed by atoms with Gasteiger partial charge in [-0.25, -0.2) is 9.97 Å². The van der Waals surface area contributed by atoms with Crippen molar-refractivity contribution in [3.8, 4) is 10.7 Å². The molecule has 1 saturated heterocycles. The second-order valence-electron chi connectivity index (χ2n) is 7.79. The van der Waals surface area contributed by atoms with E-state index in [1.165, 1.54) is 6.42 Å². The number of anilines is 1. The highest BCUT2D eigenvalue weighted by Gasteiger charge is 2.18. The molecule has 1 fully saturated rings. The number of likely N-dealkylation sites (tertiary alicyclic amines) is 1. The summed E-state index contributed by atoms with van der Waals surface area (Å²) in [5.74, 6) is 1.70. The zero-order chi connectivity index (χ0) is 21.0. The lowest BCUT2D eigenvalue weighted by molar-refractivity contribution is 0.0724. The Morgan fingerprint density at radius 2 is 1.74 bits per heavy atom. The Balaban J connectivity index is 1.34. The minimum atomic E-state index is 0.140. The van der Waals surface area contributed by atoms with Crippen molar-refractivity contribution in [2.45, 2.75) is 25.8 Å². The molecule has 3 heterocycles. The molecule has 6 heteroatoms. The van der Waals surface area contributed by atoms with Gasteiger partial charge in [-0.2, -0.15) is 0 Å². The highest BCUT2D eigenvalue weighted by atomic mass is 32.1. The Labute approximate surface area is 185 Å². The summed E-state index contributed by atoms with van der Waals surface area (Å²) in [7, 11) is 0. The molecule has 1 amide bonds. The summed E-state index contributed by atoms with van der Waals surface area (Å²) < 4.78 is 0. The van der Waals surface area contributed by atoms with E-state index in [0.29, 0.717) is 6.54 Å². The Kier molecular flexibility index (Phi) is 5.63. The minimum Gasteiger partial charge on any atom is -0.365 e. The van der Waals surface area contributed by atoms with Gasteiger partial charge in [0.25, 0.3) is 5.91 Å². The largest absolute Gasteiger partial charge is 0.365 e. The number of fused-ring (bicyclic) bond motifs is 1. The van der Waals surface area contributed by atoms with Crippen LogP contribution in [0.25, 0.3) is 21.6 Å². The first-order valence-electron chi connectivity index (χ1n) is 10.7. The van der Waals surface area contributed by atoms with E-state index in [4.69, 9.17) is 9.97 Å². The molecule has 0 saturated carbocycles. The zero-order valence-electron chi connectivity index (χ0n) is 17.3. The first-order chi connectivity index (χ1) is 15.3. The van der Waals surface area contributed by atoms with Gasteiger partial charge in [-0.3, -0.25) is 4.79 Å². The van der Waals surface area contributed by atoms with Crippen LogP contribution < -0.4 is 5.32 Å². The number of hydrogen-bond donors (Lipinski definition) is 1. The summed E-state index contributed by atoms with van der Waals surface area (Å²) in [5.41, 5.74) is 2.79. The number of hydrogen-bond acceptors (Lipinski definition) is 5. The van der Waals surface area contributed by atoms with Gasteiger partial charge in [0.2, 0.25) is 0 Å². The maximum Gasteiger partial charge on any atom is 0.253 e. The molecule has 2 aromatic carbocycles. The fourth-order valence-electron chi connectivity index (χ4n) is 3.96. The van der Waals surface area contributed by atoms with Crippen LogP contribution in [0.5, 0.6) is 0 Å².